The second kappa shape index (κ2) is 5.39. The van der Waals surface area contributed by atoms with E-state index in [1.165, 1.54) is 24.3 Å². The summed E-state index contributed by atoms with van der Waals surface area (Å²) in [6.45, 7) is 0. The number of hydrogen-bond acceptors (Lipinski definition) is 3. The van der Waals surface area contributed by atoms with Crippen molar-refractivity contribution in [1.82, 2.24) is 0 Å². The average Bonchev–Trinajstić information content (AvgIpc) is 2.36. The predicted molar refractivity (Wildman–Crippen MR) is 65.2 cm³/mol. The van der Waals surface area contributed by atoms with Crippen molar-refractivity contribution in [3.05, 3.63) is 58.4 Å². The second-order valence-electron chi connectivity index (χ2n) is 3.97. The van der Waals surface area contributed by atoms with Crippen molar-refractivity contribution in [2.75, 3.05) is 0 Å². The van der Waals surface area contributed by atoms with Crippen molar-refractivity contribution in [1.29, 1.82) is 0 Å². The molecule has 0 aliphatic rings. The lowest BCUT2D eigenvalue weighted by molar-refractivity contribution is -0.386. The molecule has 110 valence electrons. The highest BCUT2D eigenvalue weighted by atomic mass is 19.4. The summed E-state index contributed by atoms with van der Waals surface area (Å²) in [7, 11) is 0. The van der Waals surface area contributed by atoms with E-state index in [0.717, 1.165) is 18.2 Å². The highest BCUT2D eigenvalue weighted by molar-refractivity contribution is 5.74. The number of rotatable bonds is 3. The molecular formula is C13H7F4NO3. The maximum absolute atomic E-state index is 13.5. The molecule has 0 atom stereocenters. The van der Waals surface area contributed by atoms with Crippen LogP contribution in [-0.2, 0) is 0 Å². The molecule has 0 saturated heterocycles. The number of nitro benzene ring substituents is 1. The highest BCUT2D eigenvalue weighted by Crippen LogP contribution is 2.34. The summed E-state index contributed by atoms with van der Waals surface area (Å²) < 4.78 is 53.7. The molecule has 0 N–H and O–H groups in total. The van der Waals surface area contributed by atoms with E-state index in [1.807, 2.05) is 0 Å². The van der Waals surface area contributed by atoms with Gasteiger partial charge in [-0.3, -0.25) is 10.1 Å². The molecule has 0 radical (unpaired) electrons. The van der Waals surface area contributed by atoms with E-state index >= 15 is 0 Å². The fraction of sp³-hybridized carbons (Fsp3) is 0.0769. The maximum atomic E-state index is 13.5. The lowest BCUT2D eigenvalue weighted by Gasteiger charge is -2.10. The molecule has 2 aromatic rings. The van der Waals surface area contributed by atoms with E-state index in [9.17, 15) is 27.7 Å². The minimum absolute atomic E-state index is 0.0444. The third-order valence-corrected chi connectivity index (χ3v) is 2.55. The van der Waals surface area contributed by atoms with Gasteiger partial charge in [0.15, 0.2) is 0 Å². The predicted octanol–water partition coefficient (Wildman–Crippen LogP) is 4.30. The van der Waals surface area contributed by atoms with E-state index in [-0.39, 0.29) is 11.1 Å². The number of ether oxygens (including phenoxy) is 1. The Bertz CT molecular complexity index is 685. The first kappa shape index (κ1) is 14.8. The van der Waals surface area contributed by atoms with Crippen LogP contribution >= 0.6 is 0 Å². The number of nitro groups is 1. The number of hydrogen-bond donors (Lipinski definition) is 0. The third kappa shape index (κ3) is 3.47. The Hall–Kier alpha value is -2.64. The molecule has 0 aromatic heterocycles. The zero-order chi connectivity index (χ0) is 15.6. The number of alkyl halides is 3. The van der Waals surface area contributed by atoms with E-state index in [0.29, 0.717) is 0 Å². The molecule has 0 unspecified atom stereocenters. The Labute approximate surface area is 115 Å². The van der Waals surface area contributed by atoms with Gasteiger partial charge in [-0.2, -0.15) is 4.39 Å². The molecule has 4 nitrogen and oxygen atoms in total. The van der Waals surface area contributed by atoms with Crippen LogP contribution in [0, 0.1) is 15.9 Å². The van der Waals surface area contributed by atoms with E-state index in [4.69, 9.17) is 0 Å². The molecule has 0 amide bonds. The summed E-state index contributed by atoms with van der Waals surface area (Å²) in [5, 5.41) is 10.9. The molecule has 0 saturated carbocycles. The molecule has 0 bridgehead atoms. The van der Waals surface area contributed by atoms with Crippen molar-refractivity contribution in [2.45, 2.75) is 6.36 Å². The summed E-state index contributed by atoms with van der Waals surface area (Å²) in [5.74, 6) is -1.61. The van der Waals surface area contributed by atoms with Crippen LogP contribution in [0.15, 0.2) is 42.5 Å². The average molecular weight is 301 g/mol. The van der Waals surface area contributed by atoms with Crippen LogP contribution < -0.4 is 4.74 Å². The minimum atomic E-state index is -4.88. The quantitative estimate of drug-likeness (QED) is 0.482. The summed E-state index contributed by atoms with van der Waals surface area (Å²) in [6.07, 6.45) is -4.88. The lowest BCUT2D eigenvalue weighted by Crippen LogP contribution is -2.17. The SMILES string of the molecule is O=[N+]([O-])c1c(F)cccc1-c1cccc(OC(F)(F)F)c1. The topological polar surface area (TPSA) is 52.4 Å². The summed E-state index contributed by atoms with van der Waals surface area (Å²) in [4.78, 5) is 9.96. The molecule has 0 heterocycles. The number of halogens is 4. The van der Waals surface area contributed by atoms with Gasteiger partial charge in [-0.05, 0) is 29.8 Å². The van der Waals surface area contributed by atoms with Gasteiger partial charge in [0, 0.05) is 0 Å². The summed E-state index contributed by atoms with van der Waals surface area (Å²) >= 11 is 0. The Morgan fingerprint density at radius 1 is 1.10 bits per heavy atom. The first-order valence-electron chi connectivity index (χ1n) is 5.57. The first-order chi connectivity index (χ1) is 9.78. The van der Waals surface area contributed by atoms with Crippen molar-refractivity contribution in [3.63, 3.8) is 0 Å². The molecule has 2 rings (SSSR count). The fourth-order valence-electron chi connectivity index (χ4n) is 1.79. The van der Waals surface area contributed by atoms with Gasteiger partial charge in [-0.1, -0.05) is 18.2 Å². The van der Waals surface area contributed by atoms with Crippen LogP contribution in [0.2, 0.25) is 0 Å². The maximum Gasteiger partial charge on any atom is 0.573 e. The first-order valence-corrected chi connectivity index (χ1v) is 5.57. The normalized spacial score (nSPS) is 11.2. The molecule has 21 heavy (non-hydrogen) atoms. The highest BCUT2D eigenvalue weighted by Gasteiger charge is 2.31. The minimum Gasteiger partial charge on any atom is -0.406 e. The third-order valence-electron chi connectivity index (χ3n) is 2.55. The van der Waals surface area contributed by atoms with Crippen LogP contribution in [0.1, 0.15) is 0 Å². The second-order valence-corrected chi connectivity index (χ2v) is 3.97. The lowest BCUT2D eigenvalue weighted by atomic mass is 10.0. The number of nitrogens with zero attached hydrogens (tertiary/aromatic N) is 1. The molecule has 8 heteroatoms. The Morgan fingerprint density at radius 2 is 1.76 bits per heavy atom. The van der Waals surface area contributed by atoms with Crippen molar-refractivity contribution < 1.29 is 27.2 Å². The van der Waals surface area contributed by atoms with Gasteiger partial charge in [0.25, 0.3) is 0 Å². The Kier molecular flexibility index (Phi) is 3.79. The van der Waals surface area contributed by atoms with Crippen molar-refractivity contribution >= 4 is 5.69 Å². The van der Waals surface area contributed by atoms with Gasteiger partial charge in [-0.25, -0.2) is 0 Å². The molecule has 0 aliphatic carbocycles. The van der Waals surface area contributed by atoms with E-state index in [1.54, 1.807) is 0 Å². The molecule has 0 fully saturated rings. The van der Waals surface area contributed by atoms with Crippen molar-refractivity contribution in [3.8, 4) is 16.9 Å². The van der Waals surface area contributed by atoms with Crippen LogP contribution in [-0.4, -0.2) is 11.3 Å². The zero-order valence-electron chi connectivity index (χ0n) is 10.2. The van der Waals surface area contributed by atoms with Gasteiger partial charge in [0.05, 0.1) is 10.5 Å². The zero-order valence-corrected chi connectivity index (χ0v) is 10.2. The summed E-state index contributed by atoms with van der Waals surface area (Å²) in [6, 6.07) is 7.92. The van der Waals surface area contributed by atoms with Gasteiger partial charge in [0.1, 0.15) is 5.75 Å². The van der Waals surface area contributed by atoms with Crippen molar-refractivity contribution in [2.24, 2.45) is 0 Å². The van der Waals surface area contributed by atoms with E-state index in [2.05, 4.69) is 4.74 Å². The van der Waals surface area contributed by atoms with Crippen LogP contribution in [0.5, 0.6) is 5.75 Å². The Morgan fingerprint density at radius 3 is 2.38 bits per heavy atom. The van der Waals surface area contributed by atoms with Crippen LogP contribution in [0.4, 0.5) is 23.2 Å². The summed E-state index contributed by atoms with van der Waals surface area (Å²) in [5.41, 5.74) is -0.891. The molecule has 2 aromatic carbocycles. The van der Waals surface area contributed by atoms with Crippen LogP contribution in [0.25, 0.3) is 11.1 Å². The molecule has 0 aliphatic heterocycles. The van der Waals surface area contributed by atoms with E-state index < -0.39 is 28.5 Å². The fourth-order valence-corrected chi connectivity index (χ4v) is 1.79. The number of benzene rings is 2. The van der Waals surface area contributed by atoms with Crippen LogP contribution in [0.3, 0.4) is 0 Å². The molecule has 0 spiro atoms. The molecular weight excluding hydrogens is 294 g/mol. The van der Waals surface area contributed by atoms with Gasteiger partial charge in [-0.15, -0.1) is 13.2 Å². The standard InChI is InChI=1S/C13H7F4NO3/c14-11-6-2-5-10(12(11)18(19)20)8-3-1-4-9(7-8)21-13(15,16)17/h1-7H. The smallest absolute Gasteiger partial charge is 0.406 e. The van der Waals surface area contributed by atoms with Gasteiger partial charge in [0.2, 0.25) is 5.82 Å². The van der Waals surface area contributed by atoms with Gasteiger partial charge >= 0.3 is 12.0 Å². The Balaban J connectivity index is 2.51. The number of para-hydroxylation sites is 1. The monoisotopic (exact) mass is 301 g/mol. The van der Waals surface area contributed by atoms with Gasteiger partial charge < -0.3 is 4.74 Å². The largest absolute Gasteiger partial charge is 0.573 e.